The van der Waals surface area contributed by atoms with Gasteiger partial charge < -0.3 is 9.84 Å². The molecular formula is C10H22O2. The van der Waals surface area contributed by atoms with Crippen LogP contribution < -0.4 is 0 Å². The first kappa shape index (κ1) is 11.9. The molecule has 12 heavy (non-hydrogen) atoms. The first-order valence-electron chi connectivity index (χ1n) is 4.88. The first-order chi connectivity index (χ1) is 5.66. The van der Waals surface area contributed by atoms with Crippen LogP contribution >= 0.6 is 0 Å². The molecule has 1 unspecified atom stereocenters. The summed E-state index contributed by atoms with van der Waals surface area (Å²) in [5.74, 6) is 0.667. The van der Waals surface area contributed by atoms with Gasteiger partial charge in [-0.1, -0.05) is 20.8 Å². The lowest BCUT2D eigenvalue weighted by molar-refractivity contribution is -0.0277. The minimum atomic E-state index is -0.506. The lowest BCUT2D eigenvalue weighted by Gasteiger charge is -2.20. The van der Waals surface area contributed by atoms with E-state index >= 15 is 0 Å². The molecule has 0 aromatic carbocycles. The fourth-order valence-electron chi connectivity index (χ4n) is 1.77. The summed E-state index contributed by atoms with van der Waals surface area (Å²) in [5, 5.41) is 9.74. The van der Waals surface area contributed by atoms with E-state index in [1.807, 2.05) is 13.8 Å². The zero-order chi connectivity index (χ0) is 9.61. The van der Waals surface area contributed by atoms with Crippen molar-refractivity contribution >= 4 is 0 Å². The summed E-state index contributed by atoms with van der Waals surface area (Å²) >= 11 is 0. The molecule has 0 heterocycles. The molecule has 2 atom stereocenters. The second-order valence-corrected chi connectivity index (χ2v) is 3.51. The van der Waals surface area contributed by atoms with E-state index in [4.69, 9.17) is 4.74 Å². The van der Waals surface area contributed by atoms with Gasteiger partial charge in [-0.2, -0.15) is 0 Å². The van der Waals surface area contributed by atoms with E-state index in [1.54, 1.807) is 7.11 Å². The van der Waals surface area contributed by atoms with Crippen LogP contribution in [0.5, 0.6) is 0 Å². The van der Waals surface area contributed by atoms with E-state index in [1.165, 1.54) is 0 Å². The topological polar surface area (TPSA) is 29.5 Å². The third kappa shape index (κ3) is 3.55. The molecule has 2 nitrogen and oxygen atoms in total. The van der Waals surface area contributed by atoms with Gasteiger partial charge in [-0.05, 0) is 25.2 Å². The first-order valence-corrected chi connectivity index (χ1v) is 4.88. The largest absolute Gasteiger partial charge is 0.387 e. The van der Waals surface area contributed by atoms with Crippen molar-refractivity contribution in [1.29, 1.82) is 0 Å². The SMILES string of the molecule is CC.COCC1(O)CC[C@H](C)C1. The van der Waals surface area contributed by atoms with E-state index in [0.29, 0.717) is 12.5 Å². The summed E-state index contributed by atoms with van der Waals surface area (Å²) in [6, 6.07) is 0. The Balaban J connectivity index is 0.000000561. The van der Waals surface area contributed by atoms with Gasteiger partial charge in [-0.3, -0.25) is 0 Å². The molecular weight excluding hydrogens is 152 g/mol. The van der Waals surface area contributed by atoms with Crippen molar-refractivity contribution in [2.24, 2.45) is 5.92 Å². The molecule has 1 saturated carbocycles. The Morgan fingerprint density at radius 3 is 2.42 bits per heavy atom. The van der Waals surface area contributed by atoms with Gasteiger partial charge in [-0.25, -0.2) is 0 Å². The monoisotopic (exact) mass is 174 g/mol. The van der Waals surface area contributed by atoms with Crippen LogP contribution in [-0.2, 0) is 4.74 Å². The second kappa shape index (κ2) is 5.55. The van der Waals surface area contributed by atoms with E-state index in [2.05, 4.69) is 6.92 Å². The Morgan fingerprint density at radius 2 is 2.08 bits per heavy atom. The summed E-state index contributed by atoms with van der Waals surface area (Å²) < 4.78 is 4.93. The molecule has 0 bridgehead atoms. The second-order valence-electron chi connectivity index (χ2n) is 3.51. The molecule has 0 aromatic rings. The minimum absolute atomic E-state index is 0.497. The van der Waals surface area contributed by atoms with Crippen molar-refractivity contribution in [2.75, 3.05) is 13.7 Å². The van der Waals surface area contributed by atoms with Gasteiger partial charge >= 0.3 is 0 Å². The Hall–Kier alpha value is -0.0800. The van der Waals surface area contributed by atoms with Gasteiger partial charge in [0.2, 0.25) is 0 Å². The Labute approximate surface area is 75.9 Å². The molecule has 74 valence electrons. The molecule has 0 aromatic heterocycles. The van der Waals surface area contributed by atoms with Gasteiger partial charge in [0.25, 0.3) is 0 Å². The summed E-state index contributed by atoms with van der Waals surface area (Å²) in [4.78, 5) is 0. The number of ether oxygens (including phenoxy) is 1. The predicted molar refractivity (Wildman–Crippen MR) is 51.2 cm³/mol. The van der Waals surface area contributed by atoms with Crippen molar-refractivity contribution in [2.45, 2.75) is 45.6 Å². The van der Waals surface area contributed by atoms with Gasteiger partial charge in [0.15, 0.2) is 0 Å². The van der Waals surface area contributed by atoms with Gasteiger partial charge in [-0.15, -0.1) is 0 Å². The highest BCUT2D eigenvalue weighted by molar-refractivity contribution is 4.87. The fraction of sp³-hybridized carbons (Fsp3) is 1.00. The minimum Gasteiger partial charge on any atom is -0.387 e. The van der Waals surface area contributed by atoms with Gasteiger partial charge in [0.1, 0.15) is 0 Å². The standard InChI is InChI=1S/C8H16O2.C2H6/c1-7-3-4-8(9,5-7)6-10-2;1-2/h7,9H,3-6H2,1-2H3;1-2H3/t7-,8?;/m0./s1. The van der Waals surface area contributed by atoms with Crippen LogP contribution in [0.1, 0.15) is 40.0 Å². The van der Waals surface area contributed by atoms with Crippen LogP contribution in [0.25, 0.3) is 0 Å². The number of rotatable bonds is 2. The smallest absolute Gasteiger partial charge is 0.0882 e. The van der Waals surface area contributed by atoms with Gasteiger partial charge in [0.05, 0.1) is 12.2 Å². The molecule has 0 saturated heterocycles. The van der Waals surface area contributed by atoms with E-state index in [0.717, 1.165) is 19.3 Å². The molecule has 0 amide bonds. The summed E-state index contributed by atoms with van der Waals surface area (Å²) in [5.41, 5.74) is -0.506. The third-order valence-corrected chi connectivity index (χ3v) is 2.24. The summed E-state index contributed by atoms with van der Waals surface area (Å²) in [7, 11) is 1.64. The Kier molecular flexibility index (Phi) is 5.51. The van der Waals surface area contributed by atoms with Crippen LogP contribution in [-0.4, -0.2) is 24.4 Å². The van der Waals surface area contributed by atoms with Gasteiger partial charge in [0, 0.05) is 7.11 Å². The Bertz CT molecular complexity index is 110. The molecule has 2 heteroatoms. The van der Waals surface area contributed by atoms with Crippen molar-refractivity contribution < 1.29 is 9.84 Å². The van der Waals surface area contributed by atoms with Crippen molar-refractivity contribution in [1.82, 2.24) is 0 Å². The van der Waals surface area contributed by atoms with Crippen molar-refractivity contribution in [3.8, 4) is 0 Å². The average Bonchev–Trinajstić information content (AvgIpc) is 2.36. The normalized spacial score (nSPS) is 34.2. The van der Waals surface area contributed by atoms with Crippen molar-refractivity contribution in [3.63, 3.8) is 0 Å². The zero-order valence-electron chi connectivity index (χ0n) is 8.76. The molecule has 1 aliphatic carbocycles. The molecule has 0 spiro atoms. The van der Waals surface area contributed by atoms with Crippen LogP contribution in [0, 0.1) is 5.92 Å². The molecule has 1 fully saturated rings. The number of hydrogen-bond donors (Lipinski definition) is 1. The number of methoxy groups -OCH3 is 1. The van der Waals surface area contributed by atoms with Crippen LogP contribution in [0.3, 0.4) is 0 Å². The number of aliphatic hydroxyl groups is 1. The quantitative estimate of drug-likeness (QED) is 0.695. The highest BCUT2D eigenvalue weighted by Crippen LogP contribution is 2.33. The maximum absolute atomic E-state index is 9.74. The summed E-state index contributed by atoms with van der Waals surface area (Å²) in [6.45, 7) is 6.67. The fourth-order valence-corrected chi connectivity index (χ4v) is 1.77. The zero-order valence-corrected chi connectivity index (χ0v) is 8.76. The van der Waals surface area contributed by atoms with Crippen LogP contribution in [0.15, 0.2) is 0 Å². The summed E-state index contributed by atoms with van der Waals surface area (Å²) in [6.07, 6.45) is 2.95. The van der Waals surface area contributed by atoms with E-state index < -0.39 is 5.60 Å². The van der Waals surface area contributed by atoms with E-state index in [9.17, 15) is 5.11 Å². The van der Waals surface area contributed by atoms with Crippen LogP contribution in [0.4, 0.5) is 0 Å². The third-order valence-electron chi connectivity index (χ3n) is 2.24. The van der Waals surface area contributed by atoms with Crippen LogP contribution in [0.2, 0.25) is 0 Å². The Morgan fingerprint density at radius 1 is 1.50 bits per heavy atom. The highest BCUT2D eigenvalue weighted by atomic mass is 16.5. The molecule has 1 rings (SSSR count). The lowest BCUT2D eigenvalue weighted by atomic mass is 10.0. The lowest BCUT2D eigenvalue weighted by Crippen LogP contribution is -2.30. The van der Waals surface area contributed by atoms with Crippen molar-refractivity contribution in [3.05, 3.63) is 0 Å². The number of hydrogen-bond acceptors (Lipinski definition) is 2. The maximum Gasteiger partial charge on any atom is 0.0882 e. The molecule has 1 N–H and O–H groups in total. The molecule has 0 radical (unpaired) electrons. The predicted octanol–water partition coefficient (Wildman–Crippen LogP) is 2.21. The average molecular weight is 174 g/mol. The molecule has 1 aliphatic rings. The van der Waals surface area contributed by atoms with E-state index in [-0.39, 0.29) is 0 Å². The maximum atomic E-state index is 9.74. The highest BCUT2D eigenvalue weighted by Gasteiger charge is 2.34. The molecule has 0 aliphatic heterocycles.